The molecule has 1 saturated heterocycles. The summed E-state index contributed by atoms with van der Waals surface area (Å²) in [5.41, 5.74) is -0.231. The van der Waals surface area contributed by atoms with Gasteiger partial charge in [0.15, 0.2) is 5.82 Å². The number of piperidine rings is 1. The van der Waals surface area contributed by atoms with Gasteiger partial charge in [0.05, 0.1) is 21.5 Å². The number of rotatable bonds is 2. The van der Waals surface area contributed by atoms with Crippen LogP contribution in [0.4, 0.5) is 15.8 Å². The molecule has 0 spiro atoms. The van der Waals surface area contributed by atoms with Crippen LogP contribution >= 0.6 is 15.9 Å². The first-order valence-electron chi connectivity index (χ1n) is 5.40. The first kappa shape index (κ1) is 12.9. The lowest BCUT2D eigenvalue weighted by Crippen LogP contribution is -2.42. The summed E-state index contributed by atoms with van der Waals surface area (Å²) in [7, 11) is 0. The smallest absolute Gasteiger partial charge is 0.272 e. The van der Waals surface area contributed by atoms with Crippen molar-refractivity contribution in [3.05, 3.63) is 34.1 Å². The highest BCUT2D eigenvalue weighted by molar-refractivity contribution is 9.10. The normalized spacial score (nSPS) is 20.0. The lowest BCUT2D eigenvalue weighted by molar-refractivity contribution is -0.385. The molecular formula is C11H10BrFN2O3. The molecule has 1 aliphatic rings. The van der Waals surface area contributed by atoms with Crippen LogP contribution in [-0.4, -0.2) is 22.2 Å². The van der Waals surface area contributed by atoms with Crippen LogP contribution in [0.2, 0.25) is 0 Å². The molecule has 1 fully saturated rings. The van der Waals surface area contributed by atoms with Gasteiger partial charge in [0.2, 0.25) is 5.91 Å². The number of non-ortho nitro benzene ring substituents is 1. The van der Waals surface area contributed by atoms with E-state index in [1.54, 1.807) is 0 Å². The zero-order valence-electron chi connectivity index (χ0n) is 9.31. The molecule has 18 heavy (non-hydrogen) atoms. The number of benzene rings is 1. The van der Waals surface area contributed by atoms with Crippen molar-refractivity contribution in [3.63, 3.8) is 0 Å². The topological polar surface area (TPSA) is 63.5 Å². The molecule has 0 aromatic heterocycles. The van der Waals surface area contributed by atoms with Crippen molar-refractivity contribution >= 4 is 33.2 Å². The standard InChI is InChI=1S/C11H10BrFN2O3/c12-8-2-1-5-14(11(8)16)10-4-3-7(15(17)18)6-9(10)13/h3-4,6,8H,1-2,5H2. The molecule has 2 rings (SSSR count). The van der Waals surface area contributed by atoms with E-state index in [4.69, 9.17) is 0 Å². The number of hydrogen-bond acceptors (Lipinski definition) is 3. The minimum absolute atomic E-state index is 0.0924. The van der Waals surface area contributed by atoms with E-state index in [1.165, 1.54) is 17.0 Å². The Hall–Kier alpha value is -1.50. The Bertz CT molecular complexity index is 509. The number of carbonyl (C=O) groups excluding carboxylic acids is 1. The van der Waals surface area contributed by atoms with E-state index in [0.717, 1.165) is 12.5 Å². The van der Waals surface area contributed by atoms with Crippen molar-refractivity contribution in [2.45, 2.75) is 17.7 Å². The number of carbonyl (C=O) groups is 1. The van der Waals surface area contributed by atoms with Crippen molar-refractivity contribution in [1.82, 2.24) is 0 Å². The number of halogens is 2. The molecule has 0 bridgehead atoms. The van der Waals surface area contributed by atoms with Crippen LogP contribution in [0, 0.1) is 15.9 Å². The van der Waals surface area contributed by atoms with Crippen LogP contribution in [0.3, 0.4) is 0 Å². The van der Waals surface area contributed by atoms with Gasteiger partial charge in [0.1, 0.15) is 0 Å². The highest BCUT2D eigenvalue weighted by Gasteiger charge is 2.29. The third-order valence-electron chi connectivity index (χ3n) is 2.81. The predicted octanol–water partition coefficient (Wildman–Crippen LogP) is 2.62. The molecule has 1 aromatic carbocycles. The van der Waals surface area contributed by atoms with Gasteiger partial charge in [-0.1, -0.05) is 15.9 Å². The first-order chi connectivity index (χ1) is 8.50. The van der Waals surface area contributed by atoms with Gasteiger partial charge in [-0.15, -0.1) is 0 Å². The minimum atomic E-state index is -0.751. The Morgan fingerprint density at radius 3 is 2.83 bits per heavy atom. The highest BCUT2D eigenvalue weighted by Crippen LogP contribution is 2.29. The summed E-state index contributed by atoms with van der Waals surface area (Å²) in [4.78, 5) is 22.7. The quantitative estimate of drug-likeness (QED) is 0.478. The number of nitro benzene ring substituents is 1. The van der Waals surface area contributed by atoms with Crippen LogP contribution in [0.15, 0.2) is 18.2 Å². The van der Waals surface area contributed by atoms with Gasteiger partial charge in [-0.3, -0.25) is 14.9 Å². The van der Waals surface area contributed by atoms with E-state index >= 15 is 0 Å². The average Bonchev–Trinajstić information content (AvgIpc) is 2.33. The van der Waals surface area contributed by atoms with E-state index in [0.29, 0.717) is 13.0 Å². The monoisotopic (exact) mass is 316 g/mol. The van der Waals surface area contributed by atoms with E-state index in [1.807, 2.05) is 0 Å². The lowest BCUT2D eigenvalue weighted by atomic mass is 10.1. The number of alkyl halides is 1. The lowest BCUT2D eigenvalue weighted by Gasteiger charge is -2.29. The van der Waals surface area contributed by atoms with Crippen molar-refractivity contribution in [1.29, 1.82) is 0 Å². The molecular weight excluding hydrogens is 307 g/mol. The van der Waals surface area contributed by atoms with Gasteiger partial charge >= 0.3 is 0 Å². The van der Waals surface area contributed by atoms with Crippen molar-refractivity contribution in [3.8, 4) is 0 Å². The van der Waals surface area contributed by atoms with Crippen molar-refractivity contribution in [2.75, 3.05) is 11.4 Å². The zero-order chi connectivity index (χ0) is 13.3. The first-order valence-corrected chi connectivity index (χ1v) is 6.31. The SMILES string of the molecule is O=C1C(Br)CCCN1c1ccc([N+](=O)[O-])cc1F. The third kappa shape index (κ3) is 2.35. The maximum absolute atomic E-state index is 13.8. The zero-order valence-corrected chi connectivity index (χ0v) is 10.9. The molecule has 1 aromatic rings. The molecule has 1 aliphatic heterocycles. The van der Waals surface area contributed by atoms with Gasteiger partial charge < -0.3 is 4.90 Å². The summed E-state index contributed by atoms with van der Waals surface area (Å²) in [6, 6.07) is 3.31. The molecule has 0 radical (unpaired) electrons. The largest absolute Gasteiger partial charge is 0.309 e. The Kier molecular flexibility index (Phi) is 3.60. The van der Waals surface area contributed by atoms with E-state index in [9.17, 15) is 19.3 Å². The molecule has 1 heterocycles. The van der Waals surface area contributed by atoms with Gasteiger partial charge in [0.25, 0.3) is 5.69 Å². The predicted molar refractivity (Wildman–Crippen MR) is 67.4 cm³/mol. The fourth-order valence-electron chi connectivity index (χ4n) is 1.90. The maximum Gasteiger partial charge on any atom is 0.272 e. The number of nitro groups is 1. The fraction of sp³-hybridized carbons (Fsp3) is 0.364. The molecule has 0 saturated carbocycles. The van der Waals surface area contributed by atoms with Crippen LogP contribution in [-0.2, 0) is 4.79 Å². The van der Waals surface area contributed by atoms with E-state index < -0.39 is 10.7 Å². The van der Waals surface area contributed by atoms with Crippen LogP contribution in [0.5, 0.6) is 0 Å². The Balaban J connectivity index is 2.33. The van der Waals surface area contributed by atoms with Crippen LogP contribution in [0.25, 0.3) is 0 Å². The average molecular weight is 317 g/mol. The molecule has 96 valence electrons. The van der Waals surface area contributed by atoms with Crippen molar-refractivity contribution < 1.29 is 14.1 Å². The number of amides is 1. The Morgan fingerprint density at radius 1 is 1.50 bits per heavy atom. The van der Waals surface area contributed by atoms with Gasteiger partial charge in [-0.2, -0.15) is 0 Å². The molecule has 1 amide bonds. The Morgan fingerprint density at radius 2 is 2.22 bits per heavy atom. The molecule has 1 atom stereocenters. The van der Waals surface area contributed by atoms with Crippen molar-refractivity contribution in [2.24, 2.45) is 0 Å². The summed E-state index contributed by atoms with van der Waals surface area (Å²) in [6.07, 6.45) is 1.47. The summed E-state index contributed by atoms with van der Waals surface area (Å²) in [5, 5.41) is 10.5. The summed E-state index contributed by atoms with van der Waals surface area (Å²) >= 11 is 3.23. The third-order valence-corrected chi connectivity index (χ3v) is 3.66. The van der Waals surface area contributed by atoms with E-state index in [2.05, 4.69) is 15.9 Å². The minimum Gasteiger partial charge on any atom is -0.309 e. The van der Waals surface area contributed by atoms with Gasteiger partial charge in [0, 0.05) is 12.6 Å². The molecule has 0 N–H and O–H groups in total. The van der Waals surface area contributed by atoms with Gasteiger partial charge in [-0.25, -0.2) is 4.39 Å². The molecule has 7 heteroatoms. The Labute approximate surface area is 111 Å². The number of nitrogens with zero attached hydrogens (tertiary/aromatic N) is 2. The highest BCUT2D eigenvalue weighted by atomic mass is 79.9. The summed E-state index contributed by atoms with van der Waals surface area (Å²) in [5.74, 6) is -0.965. The van der Waals surface area contributed by atoms with Gasteiger partial charge in [-0.05, 0) is 18.9 Å². The van der Waals surface area contributed by atoms with E-state index in [-0.39, 0.29) is 22.1 Å². The second-order valence-electron chi connectivity index (χ2n) is 3.99. The summed E-state index contributed by atoms with van der Waals surface area (Å²) < 4.78 is 13.8. The number of hydrogen-bond donors (Lipinski definition) is 0. The molecule has 0 aliphatic carbocycles. The second-order valence-corrected chi connectivity index (χ2v) is 5.10. The second kappa shape index (κ2) is 5.01. The molecule has 1 unspecified atom stereocenters. The maximum atomic E-state index is 13.8. The number of anilines is 1. The molecule has 5 nitrogen and oxygen atoms in total. The van der Waals surface area contributed by atoms with Crippen LogP contribution < -0.4 is 4.90 Å². The summed E-state index contributed by atoms with van der Waals surface area (Å²) in [6.45, 7) is 0.426. The van der Waals surface area contributed by atoms with Crippen LogP contribution in [0.1, 0.15) is 12.8 Å². The fourth-order valence-corrected chi connectivity index (χ4v) is 2.47.